The first-order valence-electron chi connectivity index (χ1n) is 7.10. The molecule has 0 spiro atoms. The van der Waals surface area contributed by atoms with Crippen LogP contribution in [-0.4, -0.2) is 26.1 Å². The predicted molar refractivity (Wildman–Crippen MR) is 87.0 cm³/mol. The average Bonchev–Trinajstić information content (AvgIpc) is 2.23. The maximum Gasteiger partial charge on any atom is 0.192 e. The van der Waals surface area contributed by atoms with E-state index in [9.17, 15) is 5.11 Å². The summed E-state index contributed by atoms with van der Waals surface area (Å²) in [5, 5.41) is 9.94. The molecular formula is C16H32O2Si. The second-order valence-electron chi connectivity index (χ2n) is 7.02. The Labute approximate surface area is 120 Å². The average molecular weight is 285 g/mol. The van der Waals surface area contributed by atoms with Crippen molar-refractivity contribution in [2.45, 2.75) is 71.7 Å². The Bertz CT molecular complexity index is 324. The molecule has 0 aromatic carbocycles. The van der Waals surface area contributed by atoms with Crippen LogP contribution < -0.4 is 0 Å². The first kappa shape index (κ1) is 18.6. The molecule has 2 nitrogen and oxygen atoms in total. The van der Waals surface area contributed by atoms with E-state index in [4.69, 9.17) is 4.43 Å². The molecule has 0 saturated carbocycles. The predicted octanol–water partition coefficient (Wildman–Crippen LogP) is 4.67. The van der Waals surface area contributed by atoms with Gasteiger partial charge in [0.05, 0.1) is 12.7 Å². The molecule has 0 aromatic heterocycles. The Morgan fingerprint density at radius 1 is 1.32 bits per heavy atom. The van der Waals surface area contributed by atoms with Crippen LogP contribution in [0.4, 0.5) is 0 Å². The van der Waals surface area contributed by atoms with Crippen molar-refractivity contribution >= 4 is 8.32 Å². The van der Waals surface area contributed by atoms with E-state index in [0.29, 0.717) is 6.61 Å². The monoisotopic (exact) mass is 284 g/mol. The van der Waals surface area contributed by atoms with E-state index in [1.54, 1.807) is 0 Å². The van der Waals surface area contributed by atoms with E-state index in [1.165, 1.54) is 5.57 Å². The summed E-state index contributed by atoms with van der Waals surface area (Å²) in [5.41, 5.74) is 2.12. The molecule has 0 aliphatic carbocycles. The molecule has 0 heterocycles. The van der Waals surface area contributed by atoms with Crippen molar-refractivity contribution < 1.29 is 9.53 Å². The minimum Gasteiger partial charge on any atom is -0.413 e. The van der Waals surface area contributed by atoms with Crippen LogP contribution in [-0.2, 0) is 4.43 Å². The van der Waals surface area contributed by atoms with Gasteiger partial charge in [0, 0.05) is 0 Å². The fourth-order valence-corrected chi connectivity index (χ4v) is 2.25. The van der Waals surface area contributed by atoms with E-state index in [1.807, 2.05) is 6.92 Å². The van der Waals surface area contributed by atoms with Crippen molar-refractivity contribution in [3.8, 4) is 0 Å². The minimum atomic E-state index is -1.64. The van der Waals surface area contributed by atoms with Crippen molar-refractivity contribution in [1.29, 1.82) is 0 Å². The number of hydrogen-bond acceptors (Lipinski definition) is 2. The lowest BCUT2D eigenvalue weighted by Crippen LogP contribution is -2.40. The molecule has 0 aliphatic rings. The Kier molecular flexibility index (Phi) is 7.26. The van der Waals surface area contributed by atoms with Gasteiger partial charge in [0.2, 0.25) is 0 Å². The second-order valence-corrected chi connectivity index (χ2v) is 11.8. The molecular weight excluding hydrogens is 252 g/mol. The van der Waals surface area contributed by atoms with E-state index >= 15 is 0 Å². The summed E-state index contributed by atoms with van der Waals surface area (Å²) in [5.74, 6) is 0. The first-order chi connectivity index (χ1) is 8.47. The highest BCUT2D eigenvalue weighted by Gasteiger charge is 2.36. The van der Waals surface area contributed by atoms with Gasteiger partial charge in [0.25, 0.3) is 0 Å². The topological polar surface area (TPSA) is 29.5 Å². The maximum absolute atomic E-state index is 9.69. The third-order valence-corrected chi connectivity index (χ3v) is 8.56. The highest BCUT2D eigenvalue weighted by Crippen LogP contribution is 2.36. The molecule has 0 rings (SSSR count). The zero-order chi connectivity index (χ0) is 15.3. The maximum atomic E-state index is 9.69. The number of aliphatic hydroxyl groups excluding tert-OH is 1. The number of hydrogen-bond donors (Lipinski definition) is 1. The summed E-state index contributed by atoms with van der Waals surface area (Å²) in [4.78, 5) is 0. The Morgan fingerprint density at radius 3 is 2.26 bits per heavy atom. The third kappa shape index (κ3) is 7.09. The number of rotatable bonds is 7. The molecule has 0 aromatic rings. The van der Waals surface area contributed by atoms with Crippen molar-refractivity contribution in [2.75, 3.05) is 6.61 Å². The minimum absolute atomic E-state index is 0.255. The van der Waals surface area contributed by atoms with Gasteiger partial charge in [-0.2, -0.15) is 0 Å². The lowest BCUT2D eigenvalue weighted by Gasteiger charge is -2.35. The van der Waals surface area contributed by atoms with Crippen LogP contribution in [0.15, 0.2) is 23.8 Å². The van der Waals surface area contributed by atoms with Gasteiger partial charge in [0.15, 0.2) is 8.32 Å². The molecule has 0 aliphatic heterocycles. The molecule has 1 atom stereocenters. The van der Waals surface area contributed by atoms with Crippen LogP contribution in [0.3, 0.4) is 0 Å². The molecule has 0 amide bonds. The fraction of sp³-hybridized carbons (Fsp3) is 0.750. The van der Waals surface area contributed by atoms with Crippen molar-refractivity contribution in [3.63, 3.8) is 0 Å². The van der Waals surface area contributed by atoms with Crippen molar-refractivity contribution in [3.05, 3.63) is 23.8 Å². The van der Waals surface area contributed by atoms with Gasteiger partial charge in [0.1, 0.15) is 0 Å². The summed E-state index contributed by atoms with van der Waals surface area (Å²) in [6, 6.07) is 0. The highest BCUT2D eigenvalue weighted by molar-refractivity contribution is 6.74. The molecule has 112 valence electrons. The molecule has 0 fully saturated rings. The highest BCUT2D eigenvalue weighted by atomic mass is 28.4. The van der Waals surface area contributed by atoms with Crippen molar-refractivity contribution in [1.82, 2.24) is 0 Å². The van der Waals surface area contributed by atoms with Crippen LogP contribution in [0.25, 0.3) is 0 Å². The van der Waals surface area contributed by atoms with Gasteiger partial charge in [-0.05, 0) is 44.8 Å². The van der Waals surface area contributed by atoms with E-state index < -0.39 is 8.32 Å². The molecule has 0 bridgehead atoms. The quantitative estimate of drug-likeness (QED) is 0.543. The number of allylic oxidation sites excluding steroid dienone is 1. The summed E-state index contributed by atoms with van der Waals surface area (Å²) < 4.78 is 6.10. The standard InChI is InChI=1S/C16H32O2Si/c1-13(2)15(17)10-9-14(3)11-12-18-19(7,8)16(4,5)6/h11,15,17H,1,9-10,12H2,2-8H3/b14-11+/t15-/m1/s1. The smallest absolute Gasteiger partial charge is 0.192 e. The van der Waals surface area contributed by atoms with Gasteiger partial charge in [-0.1, -0.05) is 44.6 Å². The Hall–Kier alpha value is -0.383. The lowest BCUT2D eigenvalue weighted by molar-refractivity contribution is 0.201. The molecule has 3 heteroatoms. The van der Waals surface area contributed by atoms with Crippen LogP contribution >= 0.6 is 0 Å². The van der Waals surface area contributed by atoms with Gasteiger partial charge < -0.3 is 9.53 Å². The summed E-state index contributed by atoms with van der Waals surface area (Å²) in [6.45, 7) is 19.7. The molecule has 0 radical (unpaired) electrons. The molecule has 19 heavy (non-hydrogen) atoms. The zero-order valence-electron chi connectivity index (χ0n) is 13.8. The second kappa shape index (κ2) is 7.41. The zero-order valence-corrected chi connectivity index (χ0v) is 14.8. The Morgan fingerprint density at radius 2 is 1.84 bits per heavy atom. The first-order valence-corrected chi connectivity index (χ1v) is 10.0. The summed E-state index contributed by atoms with van der Waals surface area (Å²) >= 11 is 0. The van der Waals surface area contributed by atoms with E-state index in [2.05, 4.69) is 53.4 Å². The van der Waals surface area contributed by atoms with Crippen LogP contribution in [0.5, 0.6) is 0 Å². The molecule has 0 saturated heterocycles. The number of aliphatic hydroxyl groups is 1. The molecule has 1 N–H and O–H groups in total. The van der Waals surface area contributed by atoms with Gasteiger partial charge in [-0.15, -0.1) is 0 Å². The van der Waals surface area contributed by atoms with Crippen LogP contribution in [0.1, 0.15) is 47.5 Å². The SMILES string of the molecule is C=C(C)[C@H](O)CC/C(C)=C/CO[Si](C)(C)C(C)(C)C. The fourth-order valence-electron chi connectivity index (χ4n) is 1.32. The van der Waals surface area contributed by atoms with Crippen LogP contribution in [0.2, 0.25) is 18.1 Å². The molecule has 0 unspecified atom stereocenters. The van der Waals surface area contributed by atoms with Crippen molar-refractivity contribution in [2.24, 2.45) is 0 Å². The third-order valence-electron chi connectivity index (χ3n) is 4.06. The Balaban J connectivity index is 4.17. The van der Waals surface area contributed by atoms with Crippen LogP contribution in [0, 0.1) is 0 Å². The van der Waals surface area contributed by atoms with E-state index in [-0.39, 0.29) is 11.1 Å². The van der Waals surface area contributed by atoms with Gasteiger partial charge in [-0.25, -0.2) is 0 Å². The van der Waals surface area contributed by atoms with Gasteiger partial charge in [-0.3, -0.25) is 0 Å². The normalized spacial score (nSPS) is 15.5. The van der Waals surface area contributed by atoms with Gasteiger partial charge >= 0.3 is 0 Å². The summed E-state index contributed by atoms with van der Waals surface area (Å²) in [6.07, 6.45) is 3.41. The summed E-state index contributed by atoms with van der Waals surface area (Å²) in [7, 11) is -1.64. The lowest BCUT2D eigenvalue weighted by atomic mass is 10.0. The van der Waals surface area contributed by atoms with E-state index in [0.717, 1.165) is 18.4 Å². The largest absolute Gasteiger partial charge is 0.413 e.